The number of carbonyl (C=O) groups is 1. The van der Waals surface area contributed by atoms with Crippen molar-refractivity contribution in [2.75, 3.05) is 5.32 Å². The van der Waals surface area contributed by atoms with Crippen LogP contribution in [0.5, 0.6) is 0 Å². The summed E-state index contributed by atoms with van der Waals surface area (Å²) in [6.07, 6.45) is 0.894. The van der Waals surface area contributed by atoms with E-state index in [1.807, 2.05) is 19.9 Å². The molecule has 0 saturated carbocycles. The van der Waals surface area contributed by atoms with E-state index in [9.17, 15) is 4.79 Å². The van der Waals surface area contributed by atoms with Gasteiger partial charge in [-0.1, -0.05) is 25.2 Å². The first-order valence-electron chi connectivity index (χ1n) is 6.16. The molecular formula is C13H17N3OS2. The van der Waals surface area contributed by atoms with Crippen LogP contribution in [-0.2, 0) is 6.42 Å². The highest BCUT2D eigenvalue weighted by atomic mass is 32.1. The predicted molar refractivity (Wildman–Crippen MR) is 80.2 cm³/mol. The lowest BCUT2D eigenvalue weighted by molar-refractivity contribution is 0.103. The average Bonchev–Trinajstić information content (AvgIpc) is 2.86. The Balaban J connectivity index is 2.04. The zero-order chi connectivity index (χ0) is 14.0. The van der Waals surface area contributed by atoms with Crippen LogP contribution in [-0.4, -0.2) is 16.1 Å². The van der Waals surface area contributed by atoms with Gasteiger partial charge in [0.1, 0.15) is 5.01 Å². The summed E-state index contributed by atoms with van der Waals surface area (Å²) in [6.45, 7) is 8.30. The van der Waals surface area contributed by atoms with Crippen molar-refractivity contribution in [1.29, 1.82) is 0 Å². The van der Waals surface area contributed by atoms with E-state index >= 15 is 0 Å². The molecule has 0 atom stereocenters. The second kappa shape index (κ2) is 5.79. The molecule has 2 aromatic rings. The summed E-state index contributed by atoms with van der Waals surface area (Å²) in [5.74, 6) is 0.438. The van der Waals surface area contributed by atoms with E-state index in [1.165, 1.54) is 27.6 Å². The van der Waals surface area contributed by atoms with Crippen LogP contribution in [0.1, 0.15) is 39.0 Å². The molecule has 2 heterocycles. The first-order chi connectivity index (χ1) is 8.95. The Morgan fingerprint density at radius 3 is 2.63 bits per heavy atom. The van der Waals surface area contributed by atoms with E-state index < -0.39 is 0 Å². The lowest BCUT2D eigenvalue weighted by Gasteiger charge is -1.98. The quantitative estimate of drug-likeness (QED) is 0.936. The van der Waals surface area contributed by atoms with Gasteiger partial charge in [-0.05, 0) is 31.4 Å². The van der Waals surface area contributed by atoms with Crippen molar-refractivity contribution in [3.8, 4) is 0 Å². The molecule has 1 N–H and O–H groups in total. The molecular weight excluding hydrogens is 278 g/mol. The van der Waals surface area contributed by atoms with Crippen molar-refractivity contribution >= 4 is 33.7 Å². The molecule has 0 aliphatic rings. The van der Waals surface area contributed by atoms with Crippen molar-refractivity contribution in [3.05, 3.63) is 26.4 Å². The molecule has 2 rings (SSSR count). The third kappa shape index (κ3) is 3.61. The number of aromatic nitrogens is 2. The fourth-order valence-corrected chi connectivity index (χ4v) is 3.46. The highest BCUT2D eigenvalue weighted by Crippen LogP contribution is 2.23. The van der Waals surface area contributed by atoms with Gasteiger partial charge in [0.05, 0.1) is 4.88 Å². The van der Waals surface area contributed by atoms with Crippen LogP contribution in [0.2, 0.25) is 0 Å². The van der Waals surface area contributed by atoms with Crippen LogP contribution >= 0.6 is 22.7 Å². The molecule has 102 valence electrons. The van der Waals surface area contributed by atoms with Crippen LogP contribution in [0.25, 0.3) is 0 Å². The third-order valence-corrected chi connectivity index (χ3v) is 4.67. The molecule has 0 saturated heterocycles. The zero-order valence-corrected chi connectivity index (χ0v) is 13.1. The minimum Gasteiger partial charge on any atom is -0.296 e. The fraction of sp³-hybridized carbons (Fsp3) is 0.462. The van der Waals surface area contributed by atoms with E-state index in [0.717, 1.165) is 21.9 Å². The molecule has 4 nitrogen and oxygen atoms in total. The number of rotatable bonds is 4. The number of nitrogens with one attached hydrogen (secondary N) is 1. The minimum atomic E-state index is -0.103. The SMILES string of the molecule is Cc1cc(C(=O)Nc2nnc(CC(C)C)s2)sc1C. The van der Waals surface area contributed by atoms with Crippen LogP contribution in [0, 0.1) is 19.8 Å². The third-order valence-electron chi connectivity index (χ3n) is 2.66. The van der Waals surface area contributed by atoms with Gasteiger partial charge >= 0.3 is 0 Å². The Hall–Kier alpha value is -1.27. The van der Waals surface area contributed by atoms with Crippen LogP contribution in [0.4, 0.5) is 5.13 Å². The van der Waals surface area contributed by atoms with Crippen LogP contribution in [0.15, 0.2) is 6.07 Å². The van der Waals surface area contributed by atoms with Gasteiger partial charge in [-0.15, -0.1) is 21.5 Å². The zero-order valence-electron chi connectivity index (χ0n) is 11.5. The molecule has 2 aromatic heterocycles. The molecule has 0 aliphatic carbocycles. The maximum absolute atomic E-state index is 12.0. The van der Waals surface area contributed by atoms with E-state index in [1.54, 1.807) is 0 Å². The van der Waals surface area contributed by atoms with Crippen LogP contribution < -0.4 is 5.32 Å². The maximum Gasteiger partial charge on any atom is 0.267 e. The molecule has 0 spiro atoms. The lowest BCUT2D eigenvalue weighted by Crippen LogP contribution is -2.09. The topological polar surface area (TPSA) is 54.9 Å². The Kier molecular flexibility index (Phi) is 4.31. The number of carbonyl (C=O) groups excluding carboxylic acids is 1. The minimum absolute atomic E-state index is 0.103. The molecule has 0 aliphatic heterocycles. The first-order valence-corrected chi connectivity index (χ1v) is 7.79. The van der Waals surface area contributed by atoms with Gasteiger partial charge < -0.3 is 0 Å². The molecule has 19 heavy (non-hydrogen) atoms. The highest BCUT2D eigenvalue weighted by molar-refractivity contribution is 7.16. The summed E-state index contributed by atoms with van der Waals surface area (Å²) in [5.41, 5.74) is 1.15. The van der Waals surface area contributed by atoms with Gasteiger partial charge in [0, 0.05) is 11.3 Å². The largest absolute Gasteiger partial charge is 0.296 e. The molecule has 1 amide bonds. The Morgan fingerprint density at radius 2 is 2.05 bits per heavy atom. The number of thiophene rings is 1. The van der Waals surface area contributed by atoms with Crippen molar-refractivity contribution in [1.82, 2.24) is 10.2 Å². The van der Waals surface area contributed by atoms with Gasteiger partial charge in [-0.3, -0.25) is 10.1 Å². The van der Waals surface area contributed by atoms with Gasteiger partial charge in [-0.25, -0.2) is 0 Å². The molecule has 0 aromatic carbocycles. The van der Waals surface area contributed by atoms with Gasteiger partial charge in [0.2, 0.25) is 5.13 Å². The second-order valence-electron chi connectivity index (χ2n) is 4.90. The fourth-order valence-electron chi connectivity index (χ4n) is 1.58. The van der Waals surface area contributed by atoms with Crippen molar-refractivity contribution in [3.63, 3.8) is 0 Å². The number of anilines is 1. The van der Waals surface area contributed by atoms with Crippen LogP contribution in [0.3, 0.4) is 0 Å². The Morgan fingerprint density at radius 1 is 1.32 bits per heavy atom. The Labute approximate surface area is 120 Å². The molecule has 0 radical (unpaired) electrons. The summed E-state index contributed by atoms with van der Waals surface area (Å²) in [7, 11) is 0. The van der Waals surface area contributed by atoms with E-state index in [-0.39, 0.29) is 5.91 Å². The summed E-state index contributed by atoms with van der Waals surface area (Å²) in [4.78, 5) is 13.9. The standard InChI is InChI=1S/C13H17N3OS2/c1-7(2)5-11-15-16-13(19-11)14-12(17)10-6-8(3)9(4)18-10/h6-7H,5H2,1-4H3,(H,14,16,17). The summed E-state index contributed by atoms with van der Waals surface area (Å²) in [6, 6.07) is 1.91. The number of hydrogen-bond acceptors (Lipinski definition) is 5. The monoisotopic (exact) mass is 295 g/mol. The Bertz CT molecular complexity index is 567. The van der Waals surface area contributed by atoms with Crippen molar-refractivity contribution in [2.45, 2.75) is 34.1 Å². The predicted octanol–water partition coefficient (Wildman–Crippen LogP) is 3.67. The average molecular weight is 295 g/mol. The number of aryl methyl sites for hydroxylation is 2. The van der Waals surface area contributed by atoms with Gasteiger partial charge in [-0.2, -0.15) is 0 Å². The number of nitrogens with zero attached hydrogens (tertiary/aromatic N) is 2. The molecule has 0 bridgehead atoms. The lowest BCUT2D eigenvalue weighted by atomic mass is 10.1. The number of hydrogen-bond donors (Lipinski definition) is 1. The highest BCUT2D eigenvalue weighted by Gasteiger charge is 2.13. The summed E-state index contributed by atoms with van der Waals surface area (Å²) in [5, 5.41) is 12.4. The molecule has 0 unspecified atom stereocenters. The maximum atomic E-state index is 12.0. The van der Waals surface area contributed by atoms with Crippen molar-refractivity contribution < 1.29 is 4.79 Å². The van der Waals surface area contributed by atoms with Gasteiger partial charge in [0.25, 0.3) is 5.91 Å². The van der Waals surface area contributed by atoms with E-state index in [4.69, 9.17) is 0 Å². The van der Waals surface area contributed by atoms with E-state index in [0.29, 0.717) is 11.0 Å². The normalized spacial score (nSPS) is 11.0. The van der Waals surface area contributed by atoms with Gasteiger partial charge in [0.15, 0.2) is 0 Å². The summed E-state index contributed by atoms with van der Waals surface area (Å²) < 4.78 is 0. The second-order valence-corrected chi connectivity index (χ2v) is 7.22. The smallest absolute Gasteiger partial charge is 0.267 e. The number of amides is 1. The molecule has 6 heteroatoms. The van der Waals surface area contributed by atoms with Crippen molar-refractivity contribution in [2.24, 2.45) is 5.92 Å². The first kappa shape index (κ1) is 14.1. The molecule has 0 fully saturated rings. The summed E-state index contributed by atoms with van der Waals surface area (Å²) >= 11 is 2.95. The van der Waals surface area contributed by atoms with E-state index in [2.05, 4.69) is 29.4 Å².